The van der Waals surface area contributed by atoms with E-state index >= 15 is 0 Å². The number of halogens is 3. The quantitative estimate of drug-likeness (QED) is 0.853. The molecule has 2 unspecified atom stereocenters. The Morgan fingerprint density at radius 3 is 2.65 bits per heavy atom. The Morgan fingerprint density at radius 1 is 1.25 bits per heavy atom. The van der Waals surface area contributed by atoms with Crippen LogP contribution in [0.2, 0.25) is 0 Å². The fourth-order valence-corrected chi connectivity index (χ4v) is 2.86. The fourth-order valence-electron chi connectivity index (χ4n) is 2.86. The van der Waals surface area contributed by atoms with E-state index in [9.17, 15) is 13.2 Å². The second-order valence-electron chi connectivity index (χ2n) is 6.09. The first-order valence-electron chi connectivity index (χ1n) is 7.28. The Morgan fingerprint density at radius 2 is 2.00 bits per heavy atom. The number of rotatable bonds is 3. The molecule has 1 aromatic carbocycles. The maximum atomic E-state index is 12.8. The van der Waals surface area contributed by atoms with Gasteiger partial charge in [-0.1, -0.05) is 38.1 Å². The molecule has 112 valence electrons. The van der Waals surface area contributed by atoms with Crippen LogP contribution in [0.4, 0.5) is 13.2 Å². The third kappa shape index (κ3) is 3.98. The van der Waals surface area contributed by atoms with Crippen molar-refractivity contribution in [2.24, 2.45) is 5.92 Å². The first-order valence-corrected chi connectivity index (χ1v) is 7.28. The van der Waals surface area contributed by atoms with Crippen LogP contribution in [0.3, 0.4) is 0 Å². The molecule has 4 heteroatoms. The van der Waals surface area contributed by atoms with Gasteiger partial charge in [-0.25, -0.2) is 0 Å². The van der Waals surface area contributed by atoms with Crippen molar-refractivity contribution in [3.63, 3.8) is 0 Å². The Labute approximate surface area is 118 Å². The van der Waals surface area contributed by atoms with Gasteiger partial charge in [-0.3, -0.25) is 5.32 Å². The molecule has 0 aliphatic carbocycles. The summed E-state index contributed by atoms with van der Waals surface area (Å²) in [6, 6.07) is 6.44. The largest absolute Gasteiger partial charge is 0.403 e. The highest BCUT2D eigenvalue weighted by molar-refractivity contribution is 5.27. The van der Waals surface area contributed by atoms with Crippen molar-refractivity contribution in [2.45, 2.75) is 57.8 Å². The summed E-state index contributed by atoms with van der Waals surface area (Å²) in [4.78, 5) is 0. The van der Waals surface area contributed by atoms with E-state index in [4.69, 9.17) is 0 Å². The summed E-state index contributed by atoms with van der Waals surface area (Å²) in [5, 5.41) is 2.77. The summed E-state index contributed by atoms with van der Waals surface area (Å²) >= 11 is 0. The number of hydrogen-bond donors (Lipinski definition) is 1. The van der Waals surface area contributed by atoms with Crippen LogP contribution in [0.15, 0.2) is 24.3 Å². The van der Waals surface area contributed by atoms with E-state index in [2.05, 4.69) is 25.2 Å². The standard InChI is InChI=1S/C16H22F3N/c1-11(2)9-12-5-3-6-13(10-12)14-7-4-8-15(20-14)16(17,18)19/h3,5-6,10-11,14-15,20H,4,7-9H2,1-2H3. The molecule has 1 saturated heterocycles. The molecular formula is C16H22F3N. The predicted molar refractivity (Wildman–Crippen MR) is 74.6 cm³/mol. The van der Waals surface area contributed by atoms with E-state index < -0.39 is 12.2 Å². The minimum Gasteiger partial charge on any atom is -0.299 e. The number of hydrogen-bond acceptors (Lipinski definition) is 1. The zero-order valence-corrected chi connectivity index (χ0v) is 12.0. The van der Waals surface area contributed by atoms with Gasteiger partial charge >= 0.3 is 6.18 Å². The van der Waals surface area contributed by atoms with Gasteiger partial charge in [0.15, 0.2) is 0 Å². The molecule has 1 aliphatic rings. The normalized spacial score (nSPS) is 24.1. The molecule has 0 radical (unpaired) electrons. The lowest BCUT2D eigenvalue weighted by molar-refractivity contribution is -0.163. The van der Waals surface area contributed by atoms with Crippen molar-refractivity contribution in [2.75, 3.05) is 0 Å². The molecule has 1 nitrogen and oxygen atoms in total. The van der Waals surface area contributed by atoms with Gasteiger partial charge in [0.1, 0.15) is 6.04 Å². The first kappa shape index (κ1) is 15.4. The summed E-state index contributed by atoms with van der Waals surface area (Å²) in [6.45, 7) is 4.29. The third-order valence-corrected chi connectivity index (χ3v) is 3.78. The van der Waals surface area contributed by atoms with Crippen LogP contribution < -0.4 is 5.32 Å². The van der Waals surface area contributed by atoms with Crippen molar-refractivity contribution >= 4 is 0 Å². The van der Waals surface area contributed by atoms with E-state index in [0.29, 0.717) is 12.3 Å². The Balaban J connectivity index is 2.11. The first-order chi connectivity index (χ1) is 9.36. The van der Waals surface area contributed by atoms with E-state index in [-0.39, 0.29) is 12.5 Å². The van der Waals surface area contributed by atoms with Crippen LogP contribution >= 0.6 is 0 Å². The summed E-state index contributed by atoms with van der Waals surface area (Å²) in [6.07, 6.45) is -1.60. The second kappa shape index (κ2) is 6.17. The van der Waals surface area contributed by atoms with Crippen LogP contribution in [0.1, 0.15) is 50.3 Å². The van der Waals surface area contributed by atoms with E-state index in [1.165, 1.54) is 5.56 Å². The molecule has 1 N–H and O–H groups in total. The maximum Gasteiger partial charge on any atom is 0.403 e. The average molecular weight is 285 g/mol. The molecule has 1 aliphatic heterocycles. The van der Waals surface area contributed by atoms with Crippen molar-refractivity contribution in [1.82, 2.24) is 5.32 Å². The summed E-state index contributed by atoms with van der Waals surface area (Å²) in [7, 11) is 0. The van der Waals surface area contributed by atoms with Crippen LogP contribution in [0, 0.1) is 5.92 Å². The highest BCUT2D eigenvalue weighted by atomic mass is 19.4. The van der Waals surface area contributed by atoms with Gasteiger partial charge in [0.2, 0.25) is 0 Å². The topological polar surface area (TPSA) is 12.0 Å². The number of benzene rings is 1. The van der Waals surface area contributed by atoms with Crippen LogP contribution in [0.25, 0.3) is 0 Å². The van der Waals surface area contributed by atoms with E-state index in [1.807, 2.05) is 18.2 Å². The zero-order chi connectivity index (χ0) is 14.8. The van der Waals surface area contributed by atoms with Gasteiger partial charge in [0.25, 0.3) is 0 Å². The average Bonchev–Trinajstić information content (AvgIpc) is 2.37. The lowest BCUT2D eigenvalue weighted by Crippen LogP contribution is -2.46. The summed E-state index contributed by atoms with van der Waals surface area (Å²) < 4.78 is 38.5. The highest BCUT2D eigenvalue weighted by Gasteiger charge is 2.42. The molecule has 0 saturated carbocycles. The van der Waals surface area contributed by atoms with Gasteiger partial charge in [-0.2, -0.15) is 13.2 Å². The fraction of sp³-hybridized carbons (Fsp3) is 0.625. The molecule has 2 atom stereocenters. The van der Waals surface area contributed by atoms with E-state index in [0.717, 1.165) is 18.4 Å². The predicted octanol–water partition coefficient (Wildman–Crippen LogP) is 4.63. The van der Waals surface area contributed by atoms with Crippen molar-refractivity contribution in [3.05, 3.63) is 35.4 Å². The lowest BCUT2D eigenvalue weighted by atomic mass is 9.91. The van der Waals surface area contributed by atoms with Crippen LogP contribution in [-0.4, -0.2) is 12.2 Å². The monoisotopic (exact) mass is 285 g/mol. The van der Waals surface area contributed by atoms with Crippen molar-refractivity contribution in [1.29, 1.82) is 0 Å². The molecule has 2 rings (SSSR count). The van der Waals surface area contributed by atoms with E-state index in [1.54, 1.807) is 0 Å². The molecule has 0 aromatic heterocycles. The molecule has 1 fully saturated rings. The van der Waals surface area contributed by atoms with Gasteiger partial charge in [0.05, 0.1) is 0 Å². The molecule has 1 aromatic rings. The minimum atomic E-state index is -4.14. The molecule has 0 amide bonds. The van der Waals surface area contributed by atoms with Crippen LogP contribution in [0.5, 0.6) is 0 Å². The van der Waals surface area contributed by atoms with Gasteiger partial charge in [-0.05, 0) is 42.7 Å². The van der Waals surface area contributed by atoms with Crippen molar-refractivity contribution < 1.29 is 13.2 Å². The van der Waals surface area contributed by atoms with Gasteiger partial charge < -0.3 is 0 Å². The zero-order valence-electron chi connectivity index (χ0n) is 12.0. The van der Waals surface area contributed by atoms with Crippen molar-refractivity contribution in [3.8, 4) is 0 Å². The Bertz CT molecular complexity index is 440. The molecule has 0 spiro atoms. The smallest absolute Gasteiger partial charge is 0.299 e. The second-order valence-corrected chi connectivity index (χ2v) is 6.09. The Hall–Kier alpha value is -1.03. The maximum absolute atomic E-state index is 12.8. The van der Waals surface area contributed by atoms with Crippen LogP contribution in [-0.2, 0) is 6.42 Å². The minimum absolute atomic E-state index is 0.178. The molecule has 0 bridgehead atoms. The Kier molecular flexibility index (Phi) is 4.74. The SMILES string of the molecule is CC(C)Cc1cccc(C2CCCC(C(F)(F)F)N2)c1. The molecular weight excluding hydrogens is 263 g/mol. The van der Waals surface area contributed by atoms with Gasteiger partial charge in [-0.15, -0.1) is 0 Å². The third-order valence-electron chi connectivity index (χ3n) is 3.78. The highest BCUT2D eigenvalue weighted by Crippen LogP contribution is 2.33. The summed E-state index contributed by atoms with van der Waals surface area (Å²) in [5.41, 5.74) is 2.19. The molecule has 20 heavy (non-hydrogen) atoms. The number of piperidine rings is 1. The molecule has 1 heterocycles. The van der Waals surface area contributed by atoms with Gasteiger partial charge in [0, 0.05) is 6.04 Å². The number of alkyl halides is 3. The summed E-state index contributed by atoms with van der Waals surface area (Å²) in [5.74, 6) is 0.549. The lowest BCUT2D eigenvalue weighted by Gasteiger charge is -2.32. The number of nitrogens with one attached hydrogen (secondary N) is 1.